The third-order valence-corrected chi connectivity index (χ3v) is 3.37. The highest BCUT2D eigenvalue weighted by Gasteiger charge is 2.06. The fourth-order valence-corrected chi connectivity index (χ4v) is 2.14. The van der Waals surface area contributed by atoms with E-state index < -0.39 is 0 Å². The van der Waals surface area contributed by atoms with Crippen LogP contribution in [0.5, 0.6) is 0 Å². The Labute approximate surface area is 115 Å². The Morgan fingerprint density at radius 1 is 1.00 bits per heavy atom. The maximum Gasteiger partial charge on any atom is 0.0787 e. The molecule has 0 saturated heterocycles. The Kier molecular flexibility index (Phi) is 4.58. The van der Waals surface area contributed by atoms with Crippen molar-refractivity contribution in [2.75, 3.05) is 11.9 Å². The van der Waals surface area contributed by atoms with Gasteiger partial charge in [-0.05, 0) is 29.7 Å². The van der Waals surface area contributed by atoms with Crippen LogP contribution in [0.3, 0.4) is 0 Å². The van der Waals surface area contributed by atoms with Gasteiger partial charge in [0.05, 0.1) is 6.10 Å². The Hall–Kier alpha value is -1.80. The van der Waals surface area contributed by atoms with Crippen molar-refractivity contribution in [3.8, 4) is 0 Å². The molecule has 2 aromatic carbocycles. The van der Waals surface area contributed by atoms with Gasteiger partial charge in [-0.15, -0.1) is 0 Å². The average Bonchev–Trinajstić information content (AvgIpc) is 2.47. The summed E-state index contributed by atoms with van der Waals surface area (Å²) in [6.07, 6.45) is 0.396. The Balaban J connectivity index is 2.05. The van der Waals surface area contributed by atoms with Crippen LogP contribution in [0.2, 0.25) is 0 Å². The molecule has 0 aromatic heterocycles. The maximum atomic E-state index is 9.78. The molecule has 0 amide bonds. The zero-order chi connectivity index (χ0) is 13.7. The van der Waals surface area contributed by atoms with Gasteiger partial charge in [0.25, 0.3) is 0 Å². The summed E-state index contributed by atoms with van der Waals surface area (Å²) in [5.74, 6) is 0. The van der Waals surface area contributed by atoms with Gasteiger partial charge in [-0.2, -0.15) is 0 Å². The largest absolute Gasteiger partial charge is 0.388 e. The van der Waals surface area contributed by atoms with E-state index in [2.05, 4.69) is 48.3 Å². The van der Waals surface area contributed by atoms with Gasteiger partial charge in [0.15, 0.2) is 0 Å². The van der Waals surface area contributed by atoms with Crippen LogP contribution in [0, 0.1) is 0 Å². The van der Waals surface area contributed by atoms with E-state index in [1.807, 2.05) is 25.1 Å². The summed E-state index contributed by atoms with van der Waals surface area (Å²) in [5, 5.41) is 9.78. The lowest BCUT2D eigenvalue weighted by Crippen LogP contribution is -2.16. The molecule has 0 bridgehead atoms. The molecule has 0 aliphatic heterocycles. The van der Waals surface area contributed by atoms with Gasteiger partial charge in [-0.1, -0.05) is 49.4 Å². The molecule has 2 rings (SSSR count). The van der Waals surface area contributed by atoms with Crippen LogP contribution in [0.4, 0.5) is 5.69 Å². The maximum absolute atomic E-state index is 9.78. The Bertz CT molecular complexity index is 492. The van der Waals surface area contributed by atoms with Crippen molar-refractivity contribution in [3.05, 3.63) is 65.7 Å². The fraction of sp³-hybridized carbons (Fsp3) is 0.294. The predicted octanol–water partition coefficient (Wildman–Crippen LogP) is 3.77. The van der Waals surface area contributed by atoms with Crippen molar-refractivity contribution in [3.63, 3.8) is 0 Å². The topological polar surface area (TPSA) is 23.5 Å². The smallest absolute Gasteiger partial charge is 0.0787 e. The summed E-state index contributed by atoms with van der Waals surface area (Å²) in [6.45, 7) is 2.87. The number of hydrogen-bond donors (Lipinski definition) is 1. The van der Waals surface area contributed by atoms with E-state index in [0.29, 0.717) is 0 Å². The van der Waals surface area contributed by atoms with E-state index in [9.17, 15) is 5.11 Å². The van der Waals surface area contributed by atoms with Crippen LogP contribution < -0.4 is 4.90 Å². The van der Waals surface area contributed by atoms with Crippen molar-refractivity contribution >= 4 is 5.69 Å². The molecule has 0 spiro atoms. The molecule has 0 saturated carbocycles. The van der Waals surface area contributed by atoms with E-state index >= 15 is 0 Å². The molecule has 0 heterocycles. The SMILES string of the molecule is CCC(O)c1ccc(N(C)Cc2ccccc2)cc1. The van der Waals surface area contributed by atoms with E-state index in [1.165, 1.54) is 5.56 Å². The van der Waals surface area contributed by atoms with Gasteiger partial charge in [0, 0.05) is 19.3 Å². The monoisotopic (exact) mass is 255 g/mol. The molecule has 19 heavy (non-hydrogen) atoms. The van der Waals surface area contributed by atoms with E-state index in [1.54, 1.807) is 0 Å². The van der Waals surface area contributed by atoms with Gasteiger partial charge in [0.1, 0.15) is 0 Å². The molecule has 0 fully saturated rings. The second kappa shape index (κ2) is 6.39. The number of hydrogen-bond acceptors (Lipinski definition) is 2. The normalized spacial score (nSPS) is 12.2. The second-order valence-corrected chi connectivity index (χ2v) is 4.86. The van der Waals surface area contributed by atoms with Crippen molar-refractivity contribution in [1.29, 1.82) is 0 Å². The summed E-state index contributed by atoms with van der Waals surface area (Å²) in [7, 11) is 2.08. The van der Waals surface area contributed by atoms with Crippen molar-refractivity contribution in [2.24, 2.45) is 0 Å². The van der Waals surface area contributed by atoms with Crippen molar-refractivity contribution in [1.82, 2.24) is 0 Å². The molecular formula is C17H21NO. The number of rotatable bonds is 5. The number of benzene rings is 2. The first kappa shape index (κ1) is 13.6. The molecule has 1 N–H and O–H groups in total. The Morgan fingerprint density at radius 3 is 2.21 bits per heavy atom. The highest BCUT2D eigenvalue weighted by atomic mass is 16.3. The second-order valence-electron chi connectivity index (χ2n) is 4.86. The number of anilines is 1. The van der Waals surface area contributed by atoms with Crippen LogP contribution >= 0.6 is 0 Å². The standard InChI is InChI=1S/C17H21NO/c1-3-17(19)15-9-11-16(12-10-15)18(2)13-14-7-5-4-6-8-14/h4-12,17,19H,3,13H2,1-2H3. The molecule has 0 radical (unpaired) electrons. The van der Waals surface area contributed by atoms with E-state index in [4.69, 9.17) is 0 Å². The van der Waals surface area contributed by atoms with Crippen molar-refractivity contribution < 1.29 is 5.11 Å². The molecule has 100 valence electrons. The number of aliphatic hydroxyl groups excluding tert-OH is 1. The predicted molar refractivity (Wildman–Crippen MR) is 80.2 cm³/mol. The molecule has 1 atom stereocenters. The highest BCUT2D eigenvalue weighted by molar-refractivity contribution is 5.47. The van der Waals surface area contributed by atoms with Gasteiger partial charge >= 0.3 is 0 Å². The van der Waals surface area contributed by atoms with Gasteiger partial charge in [-0.25, -0.2) is 0 Å². The van der Waals surface area contributed by atoms with Crippen LogP contribution in [-0.2, 0) is 6.54 Å². The summed E-state index contributed by atoms with van der Waals surface area (Å²) in [5.41, 5.74) is 3.44. The molecule has 2 nitrogen and oxygen atoms in total. The number of aliphatic hydroxyl groups is 1. The van der Waals surface area contributed by atoms with Gasteiger partial charge in [0.2, 0.25) is 0 Å². The number of nitrogens with zero attached hydrogens (tertiary/aromatic N) is 1. The minimum atomic E-state index is -0.353. The van der Waals surface area contributed by atoms with Crippen molar-refractivity contribution in [2.45, 2.75) is 26.0 Å². The molecule has 1 unspecified atom stereocenters. The minimum absolute atomic E-state index is 0.353. The highest BCUT2D eigenvalue weighted by Crippen LogP contribution is 2.21. The van der Waals surface area contributed by atoms with Crippen LogP contribution in [0.1, 0.15) is 30.6 Å². The third-order valence-electron chi connectivity index (χ3n) is 3.37. The lowest BCUT2D eigenvalue weighted by Gasteiger charge is -2.20. The van der Waals surface area contributed by atoms with Crippen LogP contribution in [0.25, 0.3) is 0 Å². The fourth-order valence-electron chi connectivity index (χ4n) is 2.14. The lowest BCUT2D eigenvalue weighted by molar-refractivity contribution is 0.173. The average molecular weight is 255 g/mol. The summed E-state index contributed by atoms with van der Waals surface area (Å²) in [4.78, 5) is 2.21. The molecular weight excluding hydrogens is 234 g/mol. The summed E-state index contributed by atoms with van der Waals surface area (Å²) < 4.78 is 0. The first-order chi connectivity index (χ1) is 9.20. The molecule has 0 aliphatic rings. The minimum Gasteiger partial charge on any atom is -0.388 e. The van der Waals surface area contributed by atoms with Gasteiger partial charge < -0.3 is 10.0 Å². The van der Waals surface area contributed by atoms with Gasteiger partial charge in [-0.3, -0.25) is 0 Å². The molecule has 2 aromatic rings. The summed E-state index contributed by atoms with van der Waals surface area (Å²) >= 11 is 0. The Morgan fingerprint density at radius 2 is 1.63 bits per heavy atom. The first-order valence-electron chi connectivity index (χ1n) is 6.73. The quantitative estimate of drug-likeness (QED) is 0.879. The zero-order valence-corrected chi connectivity index (χ0v) is 11.6. The zero-order valence-electron chi connectivity index (χ0n) is 11.6. The molecule has 2 heteroatoms. The molecule has 0 aliphatic carbocycles. The van der Waals surface area contributed by atoms with E-state index in [-0.39, 0.29) is 6.10 Å². The first-order valence-corrected chi connectivity index (χ1v) is 6.73. The van der Waals surface area contributed by atoms with Crippen LogP contribution in [0.15, 0.2) is 54.6 Å². The summed E-state index contributed by atoms with van der Waals surface area (Å²) in [6, 6.07) is 18.6. The lowest BCUT2D eigenvalue weighted by atomic mass is 10.1. The third kappa shape index (κ3) is 3.58. The van der Waals surface area contributed by atoms with E-state index in [0.717, 1.165) is 24.2 Å². The van der Waals surface area contributed by atoms with Crippen LogP contribution in [-0.4, -0.2) is 12.2 Å².